The monoisotopic (exact) mass is 373 g/mol. The average molecular weight is 373 g/mol. The van der Waals surface area contributed by atoms with Gasteiger partial charge in [-0.25, -0.2) is 14.4 Å². The van der Waals surface area contributed by atoms with E-state index in [1.165, 1.54) is 12.3 Å². The first-order valence-corrected chi connectivity index (χ1v) is 8.55. The third-order valence-corrected chi connectivity index (χ3v) is 4.32. The molecule has 0 fully saturated rings. The number of hydrogen-bond donors (Lipinski definition) is 1. The summed E-state index contributed by atoms with van der Waals surface area (Å²) in [6, 6.07) is 15.8. The number of nitriles is 1. The Balaban J connectivity index is 1.80. The number of rotatable bonds is 4. The highest BCUT2D eigenvalue weighted by Gasteiger charge is 2.15. The van der Waals surface area contributed by atoms with Gasteiger partial charge in [-0.1, -0.05) is 0 Å². The van der Waals surface area contributed by atoms with Crippen LogP contribution in [-0.2, 0) is 0 Å². The largest absolute Gasteiger partial charge is 0.497 e. The van der Waals surface area contributed by atoms with Crippen LogP contribution in [0.2, 0.25) is 0 Å². The fourth-order valence-electron chi connectivity index (χ4n) is 3.05. The van der Waals surface area contributed by atoms with Gasteiger partial charge in [0.25, 0.3) is 0 Å². The van der Waals surface area contributed by atoms with Crippen molar-refractivity contribution in [1.82, 2.24) is 14.4 Å². The lowest BCUT2D eigenvalue weighted by Gasteiger charge is -2.10. The van der Waals surface area contributed by atoms with Gasteiger partial charge in [-0.15, -0.1) is 0 Å². The quantitative estimate of drug-likeness (QED) is 0.571. The number of hydrogen-bond acceptors (Lipinski definition) is 5. The van der Waals surface area contributed by atoms with Crippen molar-refractivity contribution < 1.29 is 9.13 Å². The van der Waals surface area contributed by atoms with Gasteiger partial charge in [-0.3, -0.25) is 4.40 Å². The maximum atomic E-state index is 13.8. The molecule has 4 rings (SSSR count). The molecule has 0 atom stereocenters. The molecule has 0 saturated heterocycles. The molecule has 1 aromatic carbocycles. The van der Waals surface area contributed by atoms with Crippen molar-refractivity contribution in [3.05, 3.63) is 71.8 Å². The molecule has 4 aromatic rings. The van der Waals surface area contributed by atoms with Gasteiger partial charge in [0, 0.05) is 11.9 Å². The highest BCUT2D eigenvalue weighted by Crippen LogP contribution is 2.27. The second-order valence-corrected chi connectivity index (χ2v) is 6.21. The Labute approximate surface area is 160 Å². The third kappa shape index (κ3) is 3.23. The van der Waals surface area contributed by atoms with Gasteiger partial charge in [0.1, 0.15) is 23.0 Å². The van der Waals surface area contributed by atoms with E-state index in [0.29, 0.717) is 34.1 Å². The number of imidazole rings is 1. The van der Waals surface area contributed by atoms with E-state index in [0.717, 1.165) is 11.4 Å². The summed E-state index contributed by atoms with van der Waals surface area (Å²) >= 11 is 0. The van der Waals surface area contributed by atoms with Crippen molar-refractivity contribution in [2.45, 2.75) is 6.92 Å². The Morgan fingerprint density at radius 2 is 1.89 bits per heavy atom. The summed E-state index contributed by atoms with van der Waals surface area (Å²) in [6.45, 7) is 1.83. The number of anilines is 2. The number of aromatic nitrogens is 3. The predicted molar refractivity (Wildman–Crippen MR) is 104 cm³/mol. The fourth-order valence-corrected chi connectivity index (χ4v) is 3.05. The van der Waals surface area contributed by atoms with Gasteiger partial charge in [0.15, 0.2) is 0 Å². The predicted octanol–water partition coefficient (Wildman–Crippen LogP) is 4.47. The molecular formula is C21H16FN5O. The second-order valence-electron chi connectivity index (χ2n) is 6.21. The summed E-state index contributed by atoms with van der Waals surface area (Å²) in [4.78, 5) is 9.08. The molecule has 0 aliphatic heterocycles. The molecule has 0 spiro atoms. The first-order valence-electron chi connectivity index (χ1n) is 8.55. The molecule has 0 radical (unpaired) electrons. The lowest BCUT2D eigenvalue weighted by molar-refractivity contribution is 0.415. The topological polar surface area (TPSA) is 75.2 Å². The van der Waals surface area contributed by atoms with Crippen LogP contribution in [0.25, 0.3) is 17.0 Å². The van der Waals surface area contributed by atoms with Gasteiger partial charge < -0.3 is 10.1 Å². The zero-order valence-electron chi connectivity index (χ0n) is 15.3. The first kappa shape index (κ1) is 17.5. The van der Waals surface area contributed by atoms with Crippen LogP contribution in [-0.4, -0.2) is 21.5 Å². The Morgan fingerprint density at radius 1 is 1.11 bits per heavy atom. The van der Waals surface area contributed by atoms with Gasteiger partial charge in [0.05, 0.1) is 35.8 Å². The standard InChI is InChI=1S/C21H16FN5O/c1-13-21(27-12-15(22)3-8-20(27)24-13)18-9-14(11-23)10-19(26-18)25-16-4-6-17(28-2)7-5-16/h3-10,12H,1-2H3,(H,25,26). The molecule has 0 aliphatic rings. The summed E-state index contributed by atoms with van der Waals surface area (Å²) in [5.74, 6) is 0.873. The van der Waals surface area contributed by atoms with Crippen LogP contribution in [0.3, 0.4) is 0 Å². The SMILES string of the molecule is COc1ccc(Nc2cc(C#N)cc(-c3c(C)nc4ccc(F)cn34)n2)cc1. The number of nitrogens with one attached hydrogen (secondary N) is 1. The number of halogens is 1. The molecule has 1 N–H and O–H groups in total. The molecule has 0 aliphatic carbocycles. The Bertz CT molecular complexity index is 1210. The molecule has 138 valence electrons. The van der Waals surface area contributed by atoms with Crippen LogP contribution in [0.4, 0.5) is 15.9 Å². The van der Waals surface area contributed by atoms with Gasteiger partial charge in [-0.05, 0) is 55.5 Å². The van der Waals surface area contributed by atoms with E-state index < -0.39 is 0 Å². The summed E-state index contributed by atoms with van der Waals surface area (Å²) in [7, 11) is 1.60. The minimum atomic E-state index is -0.376. The highest BCUT2D eigenvalue weighted by molar-refractivity contribution is 5.69. The van der Waals surface area contributed by atoms with Crippen LogP contribution in [0.1, 0.15) is 11.3 Å². The first-order chi connectivity index (χ1) is 13.6. The second kappa shape index (κ2) is 7.00. The average Bonchev–Trinajstić information content (AvgIpc) is 3.03. The van der Waals surface area contributed by atoms with Gasteiger partial charge in [0.2, 0.25) is 0 Å². The number of methoxy groups -OCH3 is 1. The molecule has 3 aromatic heterocycles. The highest BCUT2D eigenvalue weighted by atomic mass is 19.1. The van der Waals surface area contributed by atoms with E-state index in [-0.39, 0.29) is 5.82 Å². The number of pyridine rings is 2. The number of fused-ring (bicyclic) bond motifs is 1. The molecule has 0 saturated carbocycles. The van der Waals surface area contributed by atoms with Crippen LogP contribution in [0, 0.1) is 24.1 Å². The van der Waals surface area contributed by atoms with Crippen molar-refractivity contribution in [1.29, 1.82) is 5.26 Å². The fraction of sp³-hybridized carbons (Fsp3) is 0.0952. The maximum Gasteiger partial charge on any atom is 0.139 e. The number of aryl methyl sites for hydroxylation is 1. The van der Waals surface area contributed by atoms with E-state index in [1.54, 1.807) is 29.7 Å². The molecular weight excluding hydrogens is 357 g/mol. The smallest absolute Gasteiger partial charge is 0.139 e. The minimum Gasteiger partial charge on any atom is -0.497 e. The van der Waals surface area contributed by atoms with Gasteiger partial charge in [-0.2, -0.15) is 5.26 Å². The summed E-state index contributed by atoms with van der Waals surface area (Å²) < 4.78 is 20.6. The Kier molecular flexibility index (Phi) is 4.38. The molecule has 0 amide bonds. The Morgan fingerprint density at radius 3 is 2.61 bits per heavy atom. The molecule has 0 unspecified atom stereocenters. The zero-order valence-corrected chi connectivity index (χ0v) is 15.3. The van der Waals surface area contributed by atoms with Crippen molar-refractivity contribution in [3.63, 3.8) is 0 Å². The summed E-state index contributed by atoms with van der Waals surface area (Å²) in [6.07, 6.45) is 1.36. The third-order valence-electron chi connectivity index (χ3n) is 4.32. The van der Waals surface area contributed by atoms with Crippen molar-refractivity contribution in [3.8, 4) is 23.2 Å². The lowest BCUT2D eigenvalue weighted by atomic mass is 10.1. The number of ether oxygens (including phenoxy) is 1. The molecule has 0 bridgehead atoms. The van der Waals surface area contributed by atoms with Crippen LogP contribution >= 0.6 is 0 Å². The van der Waals surface area contributed by atoms with E-state index in [2.05, 4.69) is 21.4 Å². The van der Waals surface area contributed by atoms with E-state index in [4.69, 9.17) is 4.74 Å². The zero-order chi connectivity index (χ0) is 19.7. The van der Waals surface area contributed by atoms with Crippen molar-refractivity contribution >= 4 is 17.2 Å². The molecule has 28 heavy (non-hydrogen) atoms. The number of benzene rings is 1. The lowest BCUT2D eigenvalue weighted by Crippen LogP contribution is -1.99. The van der Waals surface area contributed by atoms with Gasteiger partial charge >= 0.3 is 0 Å². The summed E-state index contributed by atoms with van der Waals surface area (Å²) in [5, 5.41) is 12.6. The molecule has 3 heterocycles. The molecule has 6 nitrogen and oxygen atoms in total. The number of nitrogens with zero attached hydrogens (tertiary/aromatic N) is 4. The van der Waals surface area contributed by atoms with E-state index >= 15 is 0 Å². The van der Waals surface area contributed by atoms with Crippen molar-refractivity contribution in [2.24, 2.45) is 0 Å². The van der Waals surface area contributed by atoms with Crippen LogP contribution in [0.5, 0.6) is 5.75 Å². The van der Waals surface area contributed by atoms with Crippen LogP contribution < -0.4 is 10.1 Å². The Hall–Kier alpha value is -3.92. The maximum absolute atomic E-state index is 13.8. The van der Waals surface area contributed by atoms with E-state index in [9.17, 15) is 9.65 Å². The minimum absolute atomic E-state index is 0.376. The summed E-state index contributed by atoms with van der Waals surface area (Å²) in [5.41, 5.74) is 3.73. The van der Waals surface area contributed by atoms with E-state index in [1.807, 2.05) is 31.2 Å². The van der Waals surface area contributed by atoms with Crippen LogP contribution in [0.15, 0.2) is 54.7 Å². The van der Waals surface area contributed by atoms with Crippen molar-refractivity contribution in [2.75, 3.05) is 12.4 Å². The molecule has 7 heteroatoms. The normalized spacial score (nSPS) is 10.6.